The smallest absolute Gasteiger partial charge is 0.305 e. The van der Waals surface area contributed by atoms with E-state index in [1.54, 1.807) is 24.3 Å². The molecule has 1 aliphatic rings. The standard InChI is InChI=1S/C23H20Cl2FN3O4/c24-14-7-8-15(16(25)9-14)18(11-22(30)31)27-23(32)19-10-21(33-12-13-5-6-13)29(28-19)20-4-2-1-3-17(20)26/h1-4,7-10,13,18H,5-6,11-12H2,(H,27,32)(H,30,31)/t18-/m0/s1. The third-order valence-corrected chi connectivity index (χ3v) is 5.74. The van der Waals surface area contributed by atoms with Crippen LogP contribution in [0.4, 0.5) is 4.39 Å². The Kier molecular flexibility index (Phi) is 6.85. The first-order valence-electron chi connectivity index (χ1n) is 10.3. The molecule has 0 saturated heterocycles. The number of para-hydroxylation sites is 1. The highest BCUT2D eigenvalue weighted by Crippen LogP contribution is 2.31. The minimum absolute atomic E-state index is 0.0514. The lowest BCUT2D eigenvalue weighted by molar-refractivity contribution is -0.137. The van der Waals surface area contributed by atoms with Gasteiger partial charge in [0, 0.05) is 16.1 Å². The SMILES string of the molecule is O=C(O)C[C@H](NC(=O)c1cc(OCC2CC2)n(-c2ccccc2F)n1)c1ccc(Cl)cc1Cl. The summed E-state index contributed by atoms with van der Waals surface area (Å²) in [6, 6.07) is 11.1. The zero-order valence-electron chi connectivity index (χ0n) is 17.3. The molecule has 1 heterocycles. The van der Waals surface area contributed by atoms with Crippen LogP contribution in [0.3, 0.4) is 0 Å². The quantitative estimate of drug-likeness (QED) is 0.436. The van der Waals surface area contributed by atoms with Crippen molar-refractivity contribution in [3.05, 3.63) is 75.7 Å². The van der Waals surface area contributed by atoms with E-state index >= 15 is 0 Å². The van der Waals surface area contributed by atoms with Gasteiger partial charge in [0.05, 0.1) is 19.1 Å². The fourth-order valence-electron chi connectivity index (χ4n) is 3.29. The molecule has 2 N–H and O–H groups in total. The summed E-state index contributed by atoms with van der Waals surface area (Å²) in [6.45, 7) is 0.434. The molecule has 1 atom stereocenters. The lowest BCUT2D eigenvalue weighted by Crippen LogP contribution is -2.30. The van der Waals surface area contributed by atoms with Crippen LogP contribution in [0.5, 0.6) is 5.88 Å². The Morgan fingerprint density at radius 1 is 1.21 bits per heavy atom. The minimum Gasteiger partial charge on any atom is -0.481 e. The monoisotopic (exact) mass is 491 g/mol. The van der Waals surface area contributed by atoms with Crippen molar-refractivity contribution in [3.8, 4) is 11.6 Å². The fourth-order valence-corrected chi connectivity index (χ4v) is 3.83. The van der Waals surface area contributed by atoms with Gasteiger partial charge in [0.2, 0.25) is 5.88 Å². The van der Waals surface area contributed by atoms with E-state index in [1.165, 1.54) is 28.9 Å². The van der Waals surface area contributed by atoms with Crippen LogP contribution in [-0.2, 0) is 4.79 Å². The van der Waals surface area contributed by atoms with Crippen LogP contribution in [0.15, 0.2) is 48.5 Å². The van der Waals surface area contributed by atoms with Crippen molar-refractivity contribution in [1.82, 2.24) is 15.1 Å². The van der Waals surface area contributed by atoms with Crippen molar-refractivity contribution in [2.75, 3.05) is 6.61 Å². The van der Waals surface area contributed by atoms with Crippen molar-refractivity contribution in [2.24, 2.45) is 5.92 Å². The molecule has 1 aromatic heterocycles. The molecule has 4 rings (SSSR count). The first-order chi connectivity index (χ1) is 15.8. The highest BCUT2D eigenvalue weighted by Gasteiger charge is 2.26. The van der Waals surface area contributed by atoms with Crippen LogP contribution in [0, 0.1) is 11.7 Å². The first kappa shape index (κ1) is 23.1. The van der Waals surface area contributed by atoms with E-state index in [0.29, 0.717) is 23.1 Å². The number of benzene rings is 2. The van der Waals surface area contributed by atoms with Crippen LogP contribution in [0.1, 0.15) is 41.4 Å². The summed E-state index contributed by atoms with van der Waals surface area (Å²) in [5.41, 5.74) is 0.477. The molecule has 3 aromatic rings. The molecule has 1 fully saturated rings. The highest BCUT2D eigenvalue weighted by atomic mass is 35.5. The van der Waals surface area contributed by atoms with Crippen LogP contribution in [0.25, 0.3) is 5.69 Å². The molecule has 0 spiro atoms. The zero-order chi connectivity index (χ0) is 23.5. The molecule has 172 valence electrons. The van der Waals surface area contributed by atoms with E-state index in [0.717, 1.165) is 12.8 Å². The van der Waals surface area contributed by atoms with Gasteiger partial charge < -0.3 is 15.2 Å². The molecule has 1 saturated carbocycles. The predicted octanol–water partition coefficient (Wildman–Crippen LogP) is 5.05. The van der Waals surface area contributed by atoms with E-state index in [9.17, 15) is 19.1 Å². The van der Waals surface area contributed by atoms with Crippen molar-refractivity contribution in [1.29, 1.82) is 0 Å². The third kappa shape index (κ3) is 5.64. The van der Waals surface area contributed by atoms with E-state index < -0.39 is 30.2 Å². The molecule has 0 radical (unpaired) electrons. The topological polar surface area (TPSA) is 93.5 Å². The Balaban J connectivity index is 1.63. The minimum atomic E-state index is -1.13. The number of nitrogens with zero attached hydrogens (tertiary/aromatic N) is 2. The van der Waals surface area contributed by atoms with Crippen molar-refractivity contribution < 1.29 is 23.8 Å². The van der Waals surface area contributed by atoms with E-state index in [1.807, 2.05) is 0 Å². The molecule has 0 unspecified atom stereocenters. The molecule has 2 aromatic carbocycles. The molecular formula is C23H20Cl2FN3O4. The Hall–Kier alpha value is -3.10. The number of carbonyl (C=O) groups excluding carboxylic acids is 1. The van der Waals surface area contributed by atoms with Crippen molar-refractivity contribution in [2.45, 2.75) is 25.3 Å². The van der Waals surface area contributed by atoms with Gasteiger partial charge in [-0.25, -0.2) is 4.39 Å². The summed E-state index contributed by atoms with van der Waals surface area (Å²) in [5.74, 6) is -1.66. The van der Waals surface area contributed by atoms with Crippen LogP contribution < -0.4 is 10.1 Å². The van der Waals surface area contributed by atoms with Gasteiger partial charge in [0.25, 0.3) is 5.91 Å². The van der Waals surface area contributed by atoms with Crippen molar-refractivity contribution >= 4 is 35.1 Å². The number of nitrogens with one attached hydrogen (secondary N) is 1. The summed E-state index contributed by atoms with van der Waals surface area (Å²) in [6.07, 6.45) is 1.70. The van der Waals surface area contributed by atoms with E-state index in [-0.39, 0.29) is 22.3 Å². The second-order valence-electron chi connectivity index (χ2n) is 7.78. The number of hydrogen-bond donors (Lipinski definition) is 2. The molecule has 1 aliphatic carbocycles. The first-order valence-corrected chi connectivity index (χ1v) is 11.0. The third-order valence-electron chi connectivity index (χ3n) is 5.18. The average molecular weight is 492 g/mol. The number of ether oxygens (including phenoxy) is 1. The average Bonchev–Trinajstić information content (AvgIpc) is 3.49. The normalized spacial score (nSPS) is 14.0. The Morgan fingerprint density at radius 3 is 2.64 bits per heavy atom. The van der Waals surface area contributed by atoms with E-state index in [4.69, 9.17) is 27.9 Å². The van der Waals surface area contributed by atoms with Crippen LogP contribution in [-0.4, -0.2) is 33.4 Å². The number of amides is 1. The summed E-state index contributed by atoms with van der Waals surface area (Å²) in [7, 11) is 0. The fraction of sp³-hybridized carbons (Fsp3) is 0.261. The number of hydrogen-bond acceptors (Lipinski definition) is 4. The van der Waals surface area contributed by atoms with Crippen molar-refractivity contribution in [3.63, 3.8) is 0 Å². The largest absolute Gasteiger partial charge is 0.481 e. The maximum atomic E-state index is 14.4. The number of rotatable bonds is 9. The van der Waals surface area contributed by atoms with Gasteiger partial charge >= 0.3 is 5.97 Å². The summed E-state index contributed by atoms with van der Waals surface area (Å²) < 4.78 is 21.5. The summed E-state index contributed by atoms with van der Waals surface area (Å²) in [5, 5.41) is 16.8. The van der Waals surface area contributed by atoms with Gasteiger partial charge in [-0.05, 0) is 48.6 Å². The lowest BCUT2D eigenvalue weighted by Gasteiger charge is -2.18. The van der Waals surface area contributed by atoms with Crippen LogP contribution >= 0.6 is 23.2 Å². The van der Waals surface area contributed by atoms with Gasteiger partial charge in [0.1, 0.15) is 11.5 Å². The second kappa shape index (κ2) is 9.80. The summed E-state index contributed by atoms with van der Waals surface area (Å²) in [4.78, 5) is 24.4. The van der Waals surface area contributed by atoms with Gasteiger partial charge in [-0.2, -0.15) is 9.78 Å². The van der Waals surface area contributed by atoms with Gasteiger partial charge in [-0.15, -0.1) is 0 Å². The molecule has 33 heavy (non-hydrogen) atoms. The highest BCUT2D eigenvalue weighted by molar-refractivity contribution is 6.35. The molecule has 0 aliphatic heterocycles. The molecule has 7 nitrogen and oxygen atoms in total. The second-order valence-corrected chi connectivity index (χ2v) is 8.62. The van der Waals surface area contributed by atoms with Gasteiger partial charge in [-0.1, -0.05) is 41.4 Å². The maximum absolute atomic E-state index is 14.4. The maximum Gasteiger partial charge on any atom is 0.305 e. The number of carbonyl (C=O) groups is 2. The lowest BCUT2D eigenvalue weighted by atomic mass is 10.0. The van der Waals surface area contributed by atoms with Gasteiger partial charge in [0.15, 0.2) is 5.69 Å². The number of aromatic nitrogens is 2. The molecular weight excluding hydrogens is 472 g/mol. The number of carboxylic acids is 1. The Bertz CT molecular complexity index is 1200. The van der Waals surface area contributed by atoms with E-state index in [2.05, 4.69) is 10.4 Å². The number of halogens is 3. The number of carboxylic acid groups (broad SMARTS) is 1. The Labute approximate surface area is 199 Å². The molecule has 10 heteroatoms. The predicted molar refractivity (Wildman–Crippen MR) is 121 cm³/mol. The molecule has 0 bridgehead atoms. The summed E-state index contributed by atoms with van der Waals surface area (Å²) >= 11 is 12.2. The van der Waals surface area contributed by atoms with Gasteiger partial charge in [-0.3, -0.25) is 9.59 Å². The molecule has 1 amide bonds. The zero-order valence-corrected chi connectivity index (χ0v) is 18.8. The number of aliphatic carboxylic acids is 1. The Morgan fingerprint density at radius 2 is 1.97 bits per heavy atom. The van der Waals surface area contributed by atoms with Crippen LogP contribution in [0.2, 0.25) is 10.0 Å².